The summed E-state index contributed by atoms with van der Waals surface area (Å²) < 4.78 is 46.5. The first kappa shape index (κ1) is 27.8. The lowest BCUT2D eigenvalue weighted by Gasteiger charge is -2.46. The third-order valence-electron chi connectivity index (χ3n) is 7.61. The van der Waals surface area contributed by atoms with Gasteiger partial charge in [-0.25, -0.2) is 14.4 Å². The van der Waals surface area contributed by atoms with E-state index in [0.29, 0.717) is 22.4 Å². The summed E-state index contributed by atoms with van der Waals surface area (Å²) in [6, 6.07) is 6.34. The maximum atomic E-state index is 15.3. The molecule has 210 valence electrons. The average Bonchev–Trinajstić information content (AvgIpc) is 3.12. The highest BCUT2D eigenvalue weighted by Crippen LogP contribution is 2.52. The van der Waals surface area contributed by atoms with Crippen LogP contribution >= 0.6 is 0 Å². The molecule has 3 N–H and O–H groups in total. The zero-order chi connectivity index (χ0) is 29.0. The largest absolute Gasteiger partial charge is 0.435 e. The second-order valence-corrected chi connectivity index (χ2v) is 11.0. The van der Waals surface area contributed by atoms with E-state index >= 15 is 4.39 Å². The van der Waals surface area contributed by atoms with Crippen LogP contribution in [0.25, 0.3) is 5.57 Å². The van der Waals surface area contributed by atoms with Crippen molar-refractivity contribution >= 4 is 5.57 Å². The topological polar surface area (TPSA) is 98.9 Å². The standard InChI is InChI=1S/C30H30F3N3O4/c1-5-22-25(20(11-29(22,4)38)19-8-6-7-9-24(19)40-27(32)33)36-14-21(23(31)10-17(36)2)18-12-34-26(35-13-18)30(39)15-28(3,37)16-30/h5-10,12-14,20,27,37-39H,1-2,11,15-16H2,3-4H3. The van der Waals surface area contributed by atoms with Crippen molar-refractivity contribution in [2.24, 2.45) is 0 Å². The van der Waals surface area contributed by atoms with E-state index in [9.17, 15) is 24.1 Å². The summed E-state index contributed by atoms with van der Waals surface area (Å²) in [4.78, 5) is 10.1. The molecule has 2 heterocycles. The van der Waals surface area contributed by atoms with Crippen molar-refractivity contribution in [1.82, 2.24) is 14.9 Å². The van der Waals surface area contributed by atoms with Gasteiger partial charge in [-0.05, 0) is 32.4 Å². The Morgan fingerprint density at radius 2 is 1.77 bits per heavy atom. The maximum Gasteiger partial charge on any atom is 0.387 e. The van der Waals surface area contributed by atoms with Gasteiger partial charge in [-0.3, -0.25) is 0 Å². The summed E-state index contributed by atoms with van der Waals surface area (Å²) in [5.41, 5.74) is -1.73. The van der Waals surface area contributed by atoms with Crippen LogP contribution in [0.15, 0.2) is 91.0 Å². The third kappa shape index (κ3) is 4.87. The van der Waals surface area contributed by atoms with E-state index in [1.807, 2.05) is 0 Å². The number of halogens is 3. The number of nitrogens with zero attached hydrogens (tertiary/aromatic N) is 3. The molecule has 10 heteroatoms. The molecule has 2 atom stereocenters. The van der Waals surface area contributed by atoms with Crippen LogP contribution in [-0.4, -0.2) is 48.0 Å². The van der Waals surface area contributed by atoms with Crippen molar-refractivity contribution in [2.75, 3.05) is 0 Å². The minimum Gasteiger partial charge on any atom is -0.435 e. The van der Waals surface area contributed by atoms with Crippen LogP contribution in [0.2, 0.25) is 0 Å². The fraction of sp³-hybridized carbons (Fsp3) is 0.333. The van der Waals surface area contributed by atoms with E-state index in [1.165, 1.54) is 36.8 Å². The normalized spacial score (nSPS) is 30.3. The van der Waals surface area contributed by atoms with Gasteiger partial charge in [0.25, 0.3) is 0 Å². The fourth-order valence-electron chi connectivity index (χ4n) is 6.00. The summed E-state index contributed by atoms with van der Waals surface area (Å²) in [5, 5.41) is 32.1. The number of alkyl halides is 2. The first-order valence-corrected chi connectivity index (χ1v) is 12.7. The van der Waals surface area contributed by atoms with Crippen molar-refractivity contribution in [3.05, 3.63) is 108 Å². The predicted octanol–water partition coefficient (Wildman–Crippen LogP) is 5.21. The summed E-state index contributed by atoms with van der Waals surface area (Å²) in [6.45, 7) is 8.01. The number of rotatable bonds is 7. The maximum absolute atomic E-state index is 15.3. The Balaban J connectivity index is 1.56. The Hall–Kier alpha value is -3.73. The van der Waals surface area contributed by atoms with E-state index < -0.39 is 35.2 Å². The molecule has 0 spiro atoms. The minimum absolute atomic E-state index is 0.0356. The van der Waals surface area contributed by atoms with E-state index in [-0.39, 0.29) is 42.1 Å². The van der Waals surface area contributed by atoms with Crippen LogP contribution in [0.5, 0.6) is 5.75 Å². The van der Waals surface area contributed by atoms with E-state index in [0.717, 1.165) is 0 Å². The summed E-state index contributed by atoms with van der Waals surface area (Å²) in [5.74, 6) is -1.14. The van der Waals surface area contributed by atoms with Crippen LogP contribution in [-0.2, 0) is 5.60 Å². The lowest BCUT2D eigenvalue weighted by atomic mass is 9.68. The van der Waals surface area contributed by atoms with Crippen molar-refractivity contribution in [3.63, 3.8) is 0 Å². The lowest BCUT2D eigenvalue weighted by Crippen LogP contribution is -2.53. The van der Waals surface area contributed by atoms with E-state index in [4.69, 9.17) is 4.74 Å². The van der Waals surface area contributed by atoms with Gasteiger partial charge in [-0.1, -0.05) is 37.4 Å². The molecule has 2 aromatic rings. The monoisotopic (exact) mass is 553 g/mol. The van der Waals surface area contributed by atoms with Gasteiger partial charge in [0.2, 0.25) is 0 Å². The highest BCUT2D eigenvalue weighted by Gasteiger charge is 2.53. The number of ether oxygens (including phenoxy) is 1. The summed E-state index contributed by atoms with van der Waals surface area (Å²) in [6.07, 6.45) is 7.27. The van der Waals surface area contributed by atoms with Gasteiger partial charge in [0.05, 0.1) is 11.2 Å². The SMILES string of the molecule is C=CC1=C(N2C=C(c3cnc(C4(O)CC(C)(O)C4)nc3)C(F)=CC2=C)C(c2ccccc2OC(F)F)CC1(C)O. The van der Waals surface area contributed by atoms with E-state index in [2.05, 4.69) is 23.1 Å². The van der Waals surface area contributed by atoms with Crippen LogP contribution in [0.4, 0.5) is 13.2 Å². The van der Waals surface area contributed by atoms with Crippen molar-refractivity contribution in [1.29, 1.82) is 0 Å². The highest BCUT2D eigenvalue weighted by atomic mass is 19.3. The highest BCUT2D eigenvalue weighted by molar-refractivity contribution is 5.79. The number of allylic oxidation sites excluding steroid dienone is 4. The summed E-state index contributed by atoms with van der Waals surface area (Å²) in [7, 11) is 0. The molecule has 0 saturated heterocycles. The quantitative estimate of drug-likeness (QED) is 0.433. The molecule has 1 fully saturated rings. The Kier molecular flexibility index (Phi) is 6.76. The van der Waals surface area contributed by atoms with Crippen molar-refractivity contribution < 1.29 is 33.2 Å². The Morgan fingerprint density at radius 1 is 1.12 bits per heavy atom. The number of hydrogen-bond donors (Lipinski definition) is 3. The summed E-state index contributed by atoms with van der Waals surface area (Å²) >= 11 is 0. The van der Waals surface area contributed by atoms with Crippen molar-refractivity contribution in [2.45, 2.75) is 62.4 Å². The molecule has 5 rings (SSSR count). The Morgan fingerprint density at radius 3 is 2.38 bits per heavy atom. The number of benzene rings is 1. The van der Waals surface area contributed by atoms with Gasteiger partial charge in [-0.2, -0.15) is 8.78 Å². The zero-order valence-electron chi connectivity index (χ0n) is 22.1. The molecule has 1 saturated carbocycles. The first-order valence-electron chi connectivity index (χ1n) is 12.7. The molecule has 0 bridgehead atoms. The number of aliphatic hydroxyl groups is 3. The molecule has 7 nitrogen and oxygen atoms in total. The molecule has 2 unspecified atom stereocenters. The number of aromatic nitrogens is 2. The predicted molar refractivity (Wildman–Crippen MR) is 142 cm³/mol. The second kappa shape index (κ2) is 9.72. The fourth-order valence-corrected chi connectivity index (χ4v) is 6.00. The molecule has 0 radical (unpaired) electrons. The Labute approximate surface area is 230 Å². The molecule has 1 aromatic heterocycles. The lowest BCUT2D eigenvalue weighted by molar-refractivity contribution is -0.180. The molecule has 40 heavy (non-hydrogen) atoms. The van der Waals surface area contributed by atoms with Crippen LogP contribution < -0.4 is 4.74 Å². The smallest absolute Gasteiger partial charge is 0.387 e. The molecule has 0 amide bonds. The number of para-hydroxylation sites is 1. The average molecular weight is 554 g/mol. The molecular weight excluding hydrogens is 523 g/mol. The molecule has 1 aliphatic heterocycles. The Bertz CT molecular complexity index is 1450. The second-order valence-electron chi connectivity index (χ2n) is 11.0. The van der Waals surface area contributed by atoms with Gasteiger partial charge < -0.3 is 25.0 Å². The van der Waals surface area contributed by atoms with Gasteiger partial charge in [0, 0.05) is 71.0 Å². The van der Waals surface area contributed by atoms with Gasteiger partial charge in [0.15, 0.2) is 5.82 Å². The van der Waals surface area contributed by atoms with Gasteiger partial charge >= 0.3 is 6.61 Å². The van der Waals surface area contributed by atoms with Crippen LogP contribution in [0.3, 0.4) is 0 Å². The van der Waals surface area contributed by atoms with Crippen molar-refractivity contribution in [3.8, 4) is 5.75 Å². The van der Waals surface area contributed by atoms with E-state index in [1.54, 1.807) is 36.9 Å². The third-order valence-corrected chi connectivity index (χ3v) is 7.61. The first-order chi connectivity index (χ1) is 18.7. The van der Waals surface area contributed by atoms with Gasteiger partial charge in [-0.15, -0.1) is 0 Å². The minimum atomic E-state index is -3.05. The molecule has 2 aliphatic carbocycles. The molecular formula is C30H30F3N3O4. The van der Waals surface area contributed by atoms with Gasteiger partial charge in [0.1, 0.15) is 17.2 Å². The number of hydrogen-bond acceptors (Lipinski definition) is 7. The van der Waals surface area contributed by atoms with Crippen LogP contribution in [0.1, 0.15) is 56.0 Å². The van der Waals surface area contributed by atoms with Crippen LogP contribution in [0, 0.1) is 0 Å². The molecule has 1 aromatic carbocycles. The molecule has 3 aliphatic rings. The zero-order valence-corrected chi connectivity index (χ0v) is 22.1.